The van der Waals surface area contributed by atoms with E-state index in [2.05, 4.69) is 10.2 Å². The van der Waals surface area contributed by atoms with Gasteiger partial charge in [0, 0.05) is 6.92 Å². The topological polar surface area (TPSA) is 126 Å². The van der Waals surface area contributed by atoms with Crippen molar-refractivity contribution in [3.05, 3.63) is 10.1 Å². The summed E-state index contributed by atoms with van der Waals surface area (Å²) >= 11 is 0. The van der Waals surface area contributed by atoms with Crippen LogP contribution in [0.25, 0.3) is 0 Å². The number of esters is 1. The number of nitrogens with zero attached hydrogens (tertiary/aromatic N) is 1. The molecule has 0 aliphatic carbocycles. The van der Waals surface area contributed by atoms with Crippen molar-refractivity contribution >= 4 is 12.1 Å². The molecular formula is C12H20N2O8. The van der Waals surface area contributed by atoms with E-state index in [1.54, 1.807) is 0 Å². The Labute approximate surface area is 127 Å². The number of nitrogens with one attached hydrogen (secondary N) is 1. The molecule has 1 heterocycles. The first kappa shape index (κ1) is 18.0. The molecule has 0 bridgehead atoms. The molecule has 10 heteroatoms. The molecule has 1 saturated heterocycles. The lowest BCUT2D eigenvalue weighted by molar-refractivity contribution is -0.757. The van der Waals surface area contributed by atoms with Crippen LogP contribution in [0.5, 0.6) is 0 Å². The van der Waals surface area contributed by atoms with Crippen molar-refractivity contribution in [2.75, 3.05) is 19.8 Å². The molecule has 10 nitrogen and oxygen atoms in total. The van der Waals surface area contributed by atoms with Gasteiger partial charge in [0.05, 0.1) is 13.2 Å². The minimum Gasteiger partial charge on any atom is -0.434 e. The van der Waals surface area contributed by atoms with Gasteiger partial charge in [-0.05, 0) is 32.2 Å². The lowest BCUT2D eigenvalue weighted by atomic mass is 10.2. The Morgan fingerprint density at radius 1 is 1.32 bits per heavy atom. The van der Waals surface area contributed by atoms with Gasteiger partial charge in [-0.15, -0.1) is 10.1 Å². The number of carbonyl (C=O) groups excluding carboxylic acids is 2. The number of unbranched alkanes of at least 4 members (excludes halogenated alkanes) is 1. The van der Waals surface area contributed by atoms with Gasteiger partial charge in [-0.2, -0.15) is 0 Å². The summed E-state index contributed by atoms with van der Waals surface area (Å²) in [4.78, 5) is 36.9. The van der Waals surface area contributed by atoms with Crippen molar-refractivity contribution in [1.82, 2.24) is 5.32 Å². The van der Waals surface area contributed by atoms with Crippen molar-refractivity contribution < 1.29 is 33.7 Å². The van der Waals surface area contributed by atoms with Gasteiger partial charge in [-0.3, -0.25) is 4.79 Å². The predicted octanol–water partition coefficient (Wildman–Crippen LogP) is 0.769. The van der Waals surface area contributed by atoms with Gasteiger partial charge in [0.2, 0.25) is 6.29 Å². The number of carbonyl (C=O) groups is 2. The molecule has 0 saturated carbocycles. The van der Waals surface area contributed by atoms with Crippen LogP contribution in [-0.2, 0) is 23.8 Å². The first-order valence-corrected chi connectivity index (χ1v) is 7.03. The van der Waals surface area contributed by atoms with Crippen LogP contribution in [0.4, 0.5) is 4.79 Å². The molecule has 1 rings (SSSR count). The molecule has 2 atom stereocenters. The Balaban J connectivity index is 2.05. The lowest BCUT2D eigenvalue weighted by Crippen LogP contribution is -2.35. The van der Waals surface area contributed by atoms with Crippen LogP contribution >= 0.6 is 0 Å². The van der Waals surface area contributed by atoms with E-state index in [4.69, 9.17) is 14.2 Å². The van der Waals surface area contributed by atoms with E-state index in [1.165, 1.54) is 6.92 Å². The standard InChI is InChI=1S/C12H20N2O8/c1-9(21-11(15)10-5-4-6-13-10)22-12(16)19-7-2-3-8-20-14(17)18/h9-10,13H,2-8H2,1H3. The third-order valence-electron chi connectivity index (χ3n) is 2.84. The Hall–Kier alpha value is -2.10. The summed E-state index contributed by atoms with van der Waals surface area (Å²) in [5, 5.41) is 12.0. The SMILES string of the molecule is CC(OC(=O)OCCCCO[N+](=O)[O-])OC(=O)C1CCCN1. The van der Waals surface area contributed by atoms with Crippen LogP contribution in [0, 0.1) is 10.1 Å². The quantitative estimate of drug-likeness (QED) is 0.215. The molecule has 0 aromatic heterocycles. The molecule has 0 radical (unpaired) electrons. The fourth-order valence-corrected chi connectivity index (χ4v) is 1.82. The molecule has 2 unspecified atom stereocenters. The largest absolute Gasteiger partial charge is 0.511 e. The van der Waals surface area contributed by atoms with Gasteiger partial charge in [0.1, 0.15) is 6.04 Å². The average Bonchev–Trinajstić information content (AvgIpc) is 2.96. The highest BCUT2D eigenvalue weighted by Crippen LogP contribution is 2.08. The van der Waals surface area contributed by atoms with E-state index in [0.717, 1.165) is 13.0 Å². The van der Waals surface area contributed by atoms with Crippen LogP contribution in [0.3, 0.4) is 0 Å². The first-order chi connectivity index (χ1) is 10.5. The molecule has 1 fully saturated rings. The fourth-order valence-electron chi connectivity index (χ4n) is 1.82. The van der Waals surface area contributed by atoms with Crippen molar-refractivity contribution in [3.63, 3.8) is 0 Å². The number of hydrogen-bond donors (Lipinski definition) is 1. The minimum atomic E-state index is -1.04. The van der Waals surface area contributed by atoms with E-state index in [9.17, 15) is 19.7 Å². The van der Waals surface area contributed by atoms with Crippen LogP contribution < -0.4 is 5.32 Å². The summed E-state index contributed by atoms with van der Waals surface area (Å²) in [6.45, 7) is 2.15. The maximum absolute atomic E-state index is 11.6. The molecule has 0 amide bonds. The fraction of sp³-hybridized carbons (Fsp3) is 0.833. The average molecular weight is 320 g/mol. The van der Waals surface area contributed by atoms with Crippen molar-refractivity contribution in [1.29, 1.82) is 0 Å². The van der Waals surface area contributed by atoms with Crippen LogP contribution in [0.15, 0.2) is 0 Å². The molecular weight excluding hydrogens is 300 g/mol. The van der Waals surface area contributed by atoms with Crippen LogP contribution in [0.1, 0.15) is 32.6 Å². The second-order valence-electron chi connectivity index (χ2n) is 4.63. The number of ether oxygens (including phenoxy) is 3. The van der Waals surface area contributed by atoms with E-state index >= 15 is 0 Å². The van der Waals surface area contributed by atoms with Gasteiger partial charge in [0.25, 0.3) is 5.09 Å². The second kappa shape index (κ2) is 9.77. The van der Waals surface area contributed by atoms with Crippen molar-refractivity contribution in [2.45, 2.75) is 44.9 Å². The van der Waals surface area contributed by atoms with Gasteiger partial charge in [0.15, 0.2) is 0 Å². The molecule has 1 N–H and O–H groups in total. The van der Waals surface area contributed by atoms with Crippen molar-refractivity contribution in [3.8, 4) is 0 Å². The summed E-state index contributed by atoms with van der Waals surface area (Å²) in [6.07, 6.45) is 0.351. The number of rotatable bonds is 9. The van der Waals surface area contributed by atoms with E-state index < -0.39 is 23.5 Å². The zero-order valence-corrected chi connectivity index (χ0v) is 12.3. The van der Waals surface area contributed by atoms with Crippen LogP contribution in [0.2, 0.25) is 0 Å². The third-order valence-corrected chi connectivity index (χ3v) is 2.84. The number of hydrogen-bond acceptors (Lipinski definition) is 9. The van der Waals surface area contributed by atoms with Gasteiger partial charge in [-0.1, -0.05) is 0 Å². The summed E-state index contributed by atoms with van der Waals surface area (Å²) in [6, 6.07) is -0.358. The highest BCUT2D eigenvalue weighted by Gasteiger charge is 2.26. The maximum atomic E-state index is 11.6. The van der Waals surface area contributed by atoms with Crippen LogP contribution in [-0.4, -0.2) is 49.3 Å². The van der Waals surface area contributed by atoms with Gasteiger partial charge in [-0.25, -0.2) is 4.79 Å². The third kappa shape index (κ3) is 7.62. The molecule has 1 aliphatic heterocycles. The summed E-state index contributed by atoms with van der Waals surface area (Å²) in [7, 11) is 0. The zero-order valence-electron chi connectivity index (χ0n) is 12.3. The zero-order chi connectivity index (χ0) is 16.4. The minimum absolute atomic E-state index is 0.0325. The molecule has 0 aromatic carbocycles. The normalized spacial score (nSPS) is 18.3. The Morgan fingerprint density at radius 2 is 2.05 bits per heavy atom. The van der Waals surface area contributed by atoms with Gasteiger partial charge >= 0.3 is 12.1 Å². The molecule has 1 aliphatic rings. The second-order valence-corrected chi connectivity index (χ2v) is 4.63. The Kier molecular flexibility index (Phi) is 7.97. The Bertz CT molecular complexity index is 383. The molecule has 22 heavy (non-hydrogen) atoms. The van der Waals surface area contributed by atoms with E-state index in [0.29, 0.717) is 19.3 Å². The summed E-state index contributed by atoms with van der Waals surface area (Å²) < 4.78 is 14.4. The smallest absolute Gasteiger partial charge is 0.434 e. The molecule has 0 spiro atoms. The predicted molar refractivity (Wildman–Crippen MR) is 71.2 cm³/mol. The Morgan fingerprint density at radius 3 is 2.68 bits per heavy atom. The molecule has 126 valence electrons. The highest BCUT2D eigenvalue weighted by atomic mass is 16.9. The monoisotopic (exact) mass is 320 g/mol. The summed E-state index contributed by atoms with van der Waals surface area (Å²) in [5.41, 5.74) is 0. The summed E-state index contributed by atoms with van der Waals surface area (Å²) in [5.74, 6) is -0.463. The maximum Gasteiger partial charge on any atom is 0.511 e. The first-order valence-electron chi connectivity index (χ1n) is 7.03. The van der Waals surface area contributed by atoms with E-state index in [-0.39, 0.29) is 19.3 Å². The van der Waals surface area contributed by atoms with E-state index in [1.807, 2.05) is 0 Å². The molecule has 0 aromatic rings. The van der Waals surface area contributed by atoms with Crippen molar-refractivity contribution in [2.24, 2.45) is 0 Å². The highest BCUT2D eigenvalue weighted by molar-refractivity contribution is 5.76. The lowest BCUT2D eigenvalue weighted by Gasteiger charge is -2.16. The van der Waals surface area contributed by atoms with Gasteiger partial charge < -0.3 is 24.4 Å².